The highest BCUT2D eigenvalue weighted by Gasteiger charge is 2.18. The van der Waals surface area contributed by atoms with E-state index in [0.717, 1.165) is 12.8 Å². The van der Waals surface area contributed by atoms with Gasteiger partial charge in [0.05, 0.1) is 6.04 Å². The maximum Gasteiger partial charge on any atom is 0.221 e. The molecule has 1 aliphatic rings. The second-order valence-electron chi connectivity index (χ2n) is 4.34. The molecule has 1 saturated heterocycles. The fraction of sp³-hybridized carbons (Fsp3) is 0.769. The molecule has 90 valence electrons. The molecule has 0 aliphatic carbocycles. The van der Waals surface area contributed by atoms with Gasteiger partial charge in [-0.2, -0.15) is 11.8 Å². The van der Waals surface area contributed by atoms with Gasteiger partial charge in [-0.05, 0) is 36.7 Å². The zero-order chi connectivity index (χ0) is 11.8. The van der Waals surface area contributed by atoms with Crippen molar-refractivity contribution in [2.45, 2.75) is 45.1 Å². The Bertz CT molecular complexity index is 253. The van der Waals surface area contributed by atoms with Gasteiger partial charge in [-0.3, -0.25) is 4.79 Å². The van der Waals surface area contributed by atoms with Crippen LogP contribution in [0.1, 0.15) is 39.0 Å². The van der Waals surface area contributed by atoms with Gasteiger partial charge in [0.15, 0.2) is 0 Å². The van der Waals surface area contributed by atoms with Crippen LogP contribution in [0.5, 0.6) is 0 Å². The molecule has 0 radical (unpaired) electrons. The summed E-state index contributed by atoms with van der Waals surface area (Å²) in [5.74, 6) is 5.74. The molecule has 0 spiro atoms. The minimum atomic E-state index is -0.0736. The van der Waals surface area contributed by atoms with Crippen LogP contribution in [-0.4, -0.2) is 23.5 Å². The molecule has 1 atom stereocenters. The first-order chi connectivity index (χ1) is 7.76. The summed E-state index contributed by atoms with van der Waals surface area (Å²) in [5.41, 5.74) is 0. The van der Waals surface area contributed by atoms with Gasteiger partial charge in [-0.25, -0.2) is 0 Å². The lowest BCUT2D eigenvalue weighted by atomic mass is 9.98. The van der Waals surface area contributed by atoms with Crippen molar-refractivity contribution < 1.29 is 4.79 Å². The fourth-order valence-electron chi connectivity index (χ4n) is 1.95. The lowest BCUT2D eigenvalue weighted by Crippen LogP contribution is -2.35. The maximum atomic E-state index is 11.7. The molecule has 1 heterocycles. The Hall–Kier alpha value is -0.620. The summed E-state index contributed by atoms with van der Waals surface area (Å²) in [6.07, 6.45) is 10.3. The monoisotopic (exact) mass is 239 g/mol. The van der Waals surface area contributed by atoms with E-state index in [1.165, 1.54) is 24.3 Å². The van der Waals surface area contributed by atoms with Crippen LogP contribution in [0.3, 0.4) is 0 Å². The third kappa shape index (κ3) is 4.94. The minimum absolute atomic E-state index is 0.0736. The van der Waals surface area contributed by atoms with Gasteiger partial charge in [0, 0.05) is 6.42 Å². The molecule has 0 aromatic carbocycles. The van der Waals surface area contributed by atoms with Crippen molar-refractivity contribution >= 4 is 17.7 Å². The predicted molar refractivity (Wildman–Crippen MR) is 70.3 cm³/mol. The van der Waals surface area contributed by atoms with E-state index in [9.17, 15) is 4.79 Å². The van der Waals surface area contributed by atoms with Crippen molar-refractivity contribution in [1.29, 1.82) is 0 Å². The first-order valence-electron chi connectivity index (χ1n) is 6.09. The van der Waals surface area contributed by atoms with Gasteiger partial charge in [-0.1, -0.05) is 19.3 Å². The molecule has 0 bridgehead atoms. The van der Waals surface area contributed by atoms with Gasteiger partial charge < -0.3 is 5.32 Å². The summed E-state index contributed by atoms with van der Waals surface area (Å²) in [6.45, 7) is 2.08. The number of thioether (sulfide) groups is 1. The summed E-state index contributed by atoms with van der Waals surface area (Å²) in [5, 5.41) is 2.93. The van der Waals surface area contributed by atoms with E-state index in [0.29, 0.717) is 12.3 Å². The van der Waals surface area contributed by atoms with Gasteiger partial charge in [0.2, 0.25) is 5.91 Å². The van der Waals surface area contributed by atoms with Gasteiger partial charge in [0.25, 0.3) is 0 Å². The molecule has 1 unspecified atom stereocenters. The SMILES string of the molecule is C#CC(CCC)NC(=O)CC1CCSCC1. The molecule has 1 N–H and O–H groups in total. The van der Waals surface area contributed by atoms with Crippen molar-refractivity contribution in [3.8, 4) is 12.3 Å². The topological polar surface area (TPSA) is 29.1 Å². The molecule has 3 heteroatoms. The Morgan fingerprint density at radius 1 is 1.56 bits per heavy atom. The molecule has 1 fully saturated rings. The molecule has 0 saturated carbocycles. The fourth-order valence-corrected chi connectivity index (χ4v) is 3.16. The zero-order valence-corrected chi connectivity index (χ0v) is 10.8. The highest BCUT2D eigenvalue weighted by molar-refractivity contribution is 7.99. The number of carbonyl (C=O) groups excluding carboxylic acids is 1. The standard InChI is InChI=1S/C13H21NOS/c1-3-5-12(4-2)14-13(15)10-11-6-8-16-9-7-11/h2,11-12H,3,5-10H2,1H3,(H,14,15). The summed E-state index contributed by atoms with van der Waals surface area (Å²) in [6, 6.07) is -0.0736. The average molecular weight is 239 g/mol. The second-order valence-corrected chi connectivity index (χ2v) is 5.56. The summed E-state index contributed by atoms with van der Waals surface area (Å²) >= 11 is 1.99. The van der Waals surface area contributed by atoms with Crippen LogP contribution in [0.4, 0.5) is 0 Å². The van der Waals surface area contributed by atoms with E-state index < -0.39 is 0 Å². The molecular weight excluding hydrogens is 218 g/mol. The number of carbonyl (C=O) groups is 1. The smallest absolute Gasteiger partial charge is 0.221 e. The number of rotatable bonds is 5. The molecule has 0 aromatic rings. The van der Waals surface area contributed by atoms with E-state index in [2.05, 4.69) is 18.2 Å². The minimum Gasteiger partial charge on any atom is -0.342 e. The van der Waals surface area contributed by atoms with Gasteiger partial charge >= 0.3 is 0 Å². The van der Waals surface area contributed by atoms with Crippen LogP contribution in [-0.2, 0) is 4.79 Å². The Morgan fingerprint density at radius 2 is 2.25 bits per heavy atom. The van der Waals surface area contributed by atoms with E-state index in [1.807, 2.05) is 11.8 Å². The predicted octanol–water partition coefficient (Wildman–Crippen LogP) is 2.44. The Balaban J connectivity index is 2.26. The lowest BCUT2D eigenvalue weighted by Gasteiger charge is -2.21. The van der Waals surface area contributed by atoms with Crippen molar-refractivity contribution in [2.24, 2.45) is 5.92 Å². The van der Waals surface area contributed by atoms with Crippen LogP contribution >= 0.6 is 11.8 Å². The Kier molecular flexibility index (Phi) is 6.40. The van der Waals surface area contributed by atoms with Crippen LogP contribution in [0.25, 0.3) is 0 Å². The molecule has 0 aromatic heterocycles. The molecule has 1 rings (SSSR count). The van der Waals surface area contributed by atoms with E-state index in [-0.39, 0.29) is 11.9 Å². The summed E-state index contributed by atoms with van der Waals surface area (Å²) < 4.78 is 0. The average Bonchev–Trinajstić information content (AvgIpc) is 2.29. The quantitative estimate of drug-likeness (QED) is 0.747. The third-order valence-corrected chi connectivity index (χ3v) is 3.98. The van der Waals surface area contributed by atoms with Crippen molar-refractivity contribution in [1.82, 2.24) is 5.32 Å². The van der Waals surface area contributed by atoms with Crippen LogP contribution in [0.2, 0.25) is 0 Å². The highest BCUT2D eigenvalue weighted by atomic mass is 32.2. The largest absolute Gasteiger partial charge is 0.342 e. The van der Waals surface area contributed by atoms with Gasteiger partial charge in [0.1, 0.15) is 0 Å². The normalized spacial score (nSPS) is 18.8. The Labute approximate surface area is 103 Å². The van der Waals surface area contributed by atoms with Gasteiger partial charge in [-0.15, -0.1) is 6.42 Å². The first kappa shape index (κ1) is 13.4. The number of hydrogen-bond acceptors (Lipinski definition) is 2. The van der Waals surface area contributed by atoms with Crippen LogP contribution in [0.15, 0.2) is 0 Å². The number of amides is 1. The van der Waals surface area contributed by atoms with Crippen molar-refractivity contribution in [3.05, 3.63) is 0 Å². The summed E-state index contributed by atoms with van der Waals surface area (Å²) in [7, 11) is 0. The van der Waals surface area contributed by atoms with E-state index in [1.54, 1.807) is 0 Å². The maximum absolute atomic E-state index is 11.7. The zero-order valence-electron chi connectivity index (χ0n) is 10.00. The lowest BCUT2D eigenvalue weighted by molar-refractivity contribution is -0.122. The molecule has 2 nitrogen and oxygen atoms in total. The van der Waals surface area contributed by atoms with Crippen molar-refractivity contribution in [3.63, 3.8) is 0 Å². The molecule has 1 aliphatic heterocycles. The van der Waals surface area contributed by atoms with E-state index in [4.69, 9.17) is 6.42 Å². The Morgan fingerprint density at radius 3 is 2.81 bits per heavy atom. The number of terminal acetylenes is 1. The number of hydrogen-bond donors (Lipinski definition) is 1. The van der Waals surface area contributed by atoms with Crippen LogP contribution in [0, 0.1) is 18.3 Å². The van der Waals surface area contributed by atoms with Crippen LogP contribution < -0.4 is 5.32 Å². The third-order valence-electron chi connectivity index (χ3n) is 2.93. The first-order valence-corrected chi connectivity index (χ1v) is 7.25. The second kappa shape index (κ2) is 7.62. The van der Waals surface area contributed by atoms with E-state index >= 15 is 0 Å². The summed E-state index contributed by atoms with van der Waals surface area (Å²) in [4.78, 5) is 11.7. The highest BCUT2D eigenvalue weighted by Crippen LogP contribution is 2.25. The van der Waals surface area contributed by atoms with Crippen molar-refractivity contribution in [2.75, 3.05) is 11.5 Å². The molecule has 1 amide bonds. The molecular formula is C13H21NOS. The molecule has 16 heavy (non-hydrogen) atoms. The number of nitrogens with one attached hydrogen (secondary N) is 1.